The second-order valence-corrected chi connectivity index (χ2v) is 9.46. The van der Waals surface area contributed by atoms with Gasteiger partial charge in [-0.2, -0.15) is 0 Å². The molecule has 1 N–H and O–H groups in total. The summed E-state index contributed by atoms with van der Waals surface area (Å²) in [4.78, 5) is 21.4. The number of thiophene rings is 1. The summed E-state index contributed by atoms with van der Waals surface area (Å²) < 4.78 is 26.1. The number of urea groups is 1. The molecule has 28 heavy (non-hydrogen) atoms. The lowest BCUT2D eigenvalue weighted by Gasteiger charge is -2.35. The Morgan fingerprint density at radius 2 is 1.86 bits per heavy atom. The highest BCUT2D eigenvalue weighted by Gasteiger charge is 2.36. The molecule has 2 aliphatic heterocycles. The van der Waals surface area contributed by atoms with Crippen LogP contribution in [0.25, 0.3) is 0 Å². The molecule has 8 nitrogen and oxygen atoms in total. The van der Waals surface area contributed by atoms with Crippen LogP contribution in [0.3, 0.4) is 0 Å². The molecule has 0 aliphatic carbocycles. The second-order valence-electron chi connectivity index (χ2n) is 6.88. The number of piperazine rings is 1. The molecule has 2 aromatic rings. The van der Waals surface area contributed by atoms with E-state index in [1.807, 2.05) is 24.4 Å². The minimum absolute atomic E-state index is 0.197. The first-order valence-electron chi connectivity index (χ1n) is 9.34. The van der Waals surface area contributed by atoms with Crippen LogP contribution in [0, 0.1) is 0 Å². The van der Waals surface area contributed by atoms with Crippen molar-refractivity contribution < 1.29 is 13.2 Å². The maximum Gasteiger partial charge on any atom is 0.335 e. The summed E-state index contributed by atoms with van der Waals surface area (Å²) in [6, 6.07) is 5.38. The predicted molar refractivity (Wildman–Crippen MR) is 109 cm³/mol. The van der Waals surface area contributed by atoms with E-state index in [1.54, 1.807) is 10.8 Å². The Bertz CT molecular complexity index is 924. The van der Waals surface area contributed by atoms with E-state index >= 15 is 0 Å². The number of pyridine rings is 1. The van der Waals surface area contributed by atoms with Crippen LogP contribution in [0.2, 0.25) is 0 Å². The largest absolute Gasteiger partial charge is 0.354 e. The van der Waals surface area contributed by atoms with Gasteiger partial charge < -0.3 is 10.2 Å². The number of nitrogens with zero attached hydrogens (tertiary/aromatic N) is 4. The summed E-state index contributed by atoms with van der Waals surface area (Å²) >= 11 is 1.27. The number of nitrogens with one attached hydrogen (secondary N) is 1. The van der Waals surface area contributed by atoms with Crippen molar-refractivity contribution in [2.75, 3.05) is 49.5 Å². The summed E-state index contributed by atoms with van der Waals surface area (Å²) in [6.07, 6.45) is 3.30. The number of carbonyl (C=O) groups is 1. The SMILES string of the molecule is O=C1Nc2cscc2S(=O)(=O)N1CCCCN1CCN(c2ccccn2)CC1. The Hall–Kier alpha value is -2.17. The number of rotatable bonds is 6. The van der Waals surface area contributed by atoms with Crippen molar-refractivity contribution in [1.82, 2.24) is 14.2 Å². The van der Waals surface area contributed by atoms with Gasteiger partial charge in [-0.05, 0) is 31.5 Å². The van der Waals surface area contributed by atoms with Gasteiger partial charge in [-0.25, -0.2) is 22.5 Å². The fraction of sp³-hybridized carbons (Fsp3) is 0.444. The number of hydrogen-bond acceptors (Lipinski definition) is 7. The number of amides is 2. The quantitative estimate of drug-likeness (QED) is 0.721. The minimum atomic E-state index is -3.73. The minimum Gasteiger partial charge on any atom is -0.354 e. The number of fused-ring (bicyclic) bond motifs is 1. The van der Waals surface area contributed by atoms with Crippen LogP contribution in [-0.2, 0) is 10.0 Å². The molecule has 2 aliphatic rings. The summed E-state index contributed by atoms with van der Waals surface area (Å²) in [5.41, 5.74) is 0.386. The zero-order valence-corrected chi connectivity index (χ0v) is 17.1. The average molecular weight is 422 g/mol. The summed E-state index contributed by atoms with van der Waals surface area (Å²) in [5, 5.41) is 5.87. The van der Waals surface area contributed by atoms with Crippen molar-refractivity contribution in [3.05, 3.63) is 35.2 Å². The highest BCUT2D eigenvalue weighted by Crippen LogP contribution is 2.33. The zero-order chi connectivity index (χ0) is 19.6. The summed E-state index contributed by atoms with van der Waals surface area (Å²) in [5.74, 6) is 1.01. The Morgan fingerprint density at radius 3 is 2.61 bits per heavy atom. The average Bonchev–Trinajstić information content (AvgIpc) is 3.18. The molecule has 0 atom stereocenters. The standard InChI is InChI=1S/C18H23N5O3S2/c24-18-20-15-13-27-14-16(15)28(25,26)23(18)8-4-3-7-21-9-11-22(12-10-21)17-5-1-2-6-19-17/h1-2,5-6,13-14H,3-4,7-12H2,(H,20,24). The lowest BCUT2D eigenvalue weighted by Crippen LogP contribution is -2.47. The molecule has 10 heteroatoms. The van der Waals surface area contributed by atoms with Crippen LogP contribution >= 0.6 is 11.3 Å². The van der Waals surface area contributed by atoms with E-state index in [4.69, 9.17) is 0 Å². The Balaban J connectivity index is 1.23. The maximum absolute atomic E-state index is 12.6. The Morgan fingerprint density at radius 1 is 1.07 bits per heavy atom. The number of carbonyl (C=O) groups excluding carboxylic acids is 1. The maximum atomic E-state index is 12.6. The molecular formula is C18H23N5O3S2. The van der Waals surface area contributed by atoms with Crippen LogP contribution in [0.4, 0.5) is 16.3 Å². The van der Waals surface area contributed by atoms with Crippen molar-refractivity contribution in [2.45, 2.75) is 17.7 Å². The summed E-state index contributed by atoms with van der Waals surface area (Å²) in [7, 11) is -3.73. The topological polar surface area (TPSA) is 85.8 Å². The van der Waals surface area contributed by atoms with Crippen molar-refractivity contribution >= 4 is 38.9 Å². The number of anilines is 2. The van der Waals surface area contributed by atoms with Gasteiger partial charge in [-0.3, -0.25) is 4.90 Å². The van der Waals surface area contributed by atoms with Gasteiger partial charge in [-0.1, -0.05) is 6.07 Å². The molecule has 0 saturated carbocycles. The molecule has 1 saturated heterocycles. The number of hydrogen-bond donors (Lipinski definition) is 1. The highest BCUT2D eigenvalue weighted by atomic mass is 32.2. The van der Waals surface area contributed by atoms with E-state index in [2.05, 4.69) is 20.1 Å². The first-order chi connectivity index (χ1) is 13.6. The van der Waals surface area contributed by atoms with Gasteiger partial charge in [0.2, 0.25) is 0 Å². The number of unbranched alkanes of at least 4 members (excludes halogenated alkanes) is 1. The van der Waals surface area contributed by atoms with E-state index < -0.39 is 16.1 Å². The van der Waals surface area contributed by atoms with Gasteiger partial charge in [0.1, 0.15) is 10.7 Å². The molecule has 4 rings (SSSR count). The van der Waals surface area contributed by atoms with Crippen molar-refractivity contribution in [2.24, 2.45) is 0 Å². The van der Waals surface area contributed by atoms with Gasteiger partial charge >= 0.3 is 6.03 Å². The number of sulfonamides is 1. The van der Waals surface area contributed by atoms with Crippen LogP contribution in [-0.4, -0.2) is 67.9 Å². The third-order valence-electron chi connectivity index (χ3n) is 5.09. The third-order valence-corrected chi connectivity index (χ3v) is 7.81. The van der Waals surface area contributed by atoms with Crippen LogP contribution in [0.5, 0.6) is 0 Å². The first-order valence-corrected chi connectivity index (χ1v) is 11.7. The lowest BCUT2D eigenvalue weighted by molar-refractivity contribution is 0.230. The number of aromatic nitrogens is 1. The predicted octanol–water partition coefficient (Wildman–Crippen LogP) is 2.28. The van der Waals surface area contributed by atoms with Crippen LogP contribution in [0.1, 0.15) is 12.8 Å². The first kappa shape index (κ1) is 19.2. The van der Waals surface area contributed by atoms with E-state index in [-0.39, 0.29) is 11.4 Å². The smallest absolute Gasteiger partial charge is 0.335 e. The Kier molecular flexibility index (Phi) is 5.51. The fourth-order valence-corrected chi connectivity index (χ4v) is 6.16. The normalized spacial score (nSPS) is 19.4. The molecule has 2 aromatic heterocycles. The van der Waals surface area contributed by atoms with E-state index in [0.29, 0.717) is 12.1 Å². The van der Waals surface area contributed by atoms with Crippen LogP contribution < -0.4 is 10.2 Å². The van der Waals surface area contributed by atoms with Crippen molar-refractivity contribution in [3.8, 4) is 0 Å². The fourth-order valence-electron chi connectivity index (χ4n) is 3.54. The van der Waals surface area contributed by atoms with E-state index in [0.717, 1.165) is 49.3 Å². The Labute approximate surface area is 168 Å². The molecule has 4 heterocycles. The third kappa shape index (κ3) is 3.85. The van der Waals surface area contributed by atoms with E-state index in [9.17, 15) is 13.2 Å². The molecule has 1 fully saturated rings. The van der Waals surface area contributed by atoms with Gasteiger partial charge in [0.05, 0.1) is 5.69 Å². The molecule has 0 bridgehead atoms. The highest BCUT2D eigenvalue weighted by molar-refractivity contribution is 7.90. The van der Waals surface area contributed by atoms with Crippen molar-refractivity contribution in [3.63, 3.8) is 0 Å². The molecule has 2 amide bonds. The van der Waals surface area contributed by atoms with Crippen LogP contribution in [0.15, 0.2) is 40.1 Å². The molecule has 0 aromatic carbocycles. The molecule has 0 spiro atoms. The molecule has 0 unspecified atom stereocenters. The zero-order valence-electron chi connectivity index (χ0n) is 15.5. The van der Waals surface area contributed by atoms with Gasteiger partial charge in [-0.15, -0.1) is 11.3 Å². The molecule has 150 valence electrons. The summed E-state index contributed by atoms with van der Waals surface area (Å²) in [6.45, 7) is 4.88. The van der Waals surface area contributed by atoms with Gasteiger partial charge in [0, 0.05) is 49.7 Å². The monoisotopic (exact) mass is 421 g/mol. The lowest BCUT2D eigenvalue weighted by atomic mass is 10.2. The molecular weight excluding hydrogens is 398 g/mol. The van der Waals surface area contributed by atoms with E-state index in [1.165, 1.54) is 11.3 Å². The van der Waals surface area contributed by atoms with Gasteiger partial charge in [0.15, 0.2) is 0 Å². The molecule has 0 radical (unpaired) electrons. The van der Waals surface area contributed by atoms with Crippen molar-refractivity contribution in [1.29, 1.82) is 0 Å². The second kappa shape index (κ2) is 8.06. The van der Waals surface area contributed by atoms with Gasteiger partial charge in [0.25, 0.3) is 10.0 Å².